The van der Waals surface area contributed by atoms with Crippen LogP contribution in [0.3, 0.4) is 0 Å². The number of benzene rings is 1. The van der Waals surface area contributed by atoms with E-state index in [1.54, 1.807) is 7.05 Å². The zero-order chi connectivity index (χ0) is 21.3. The van der Waals surface area contributed by atoms with Gasteiger partial charge < -0.3 is 14.6 Å². The monoisotopic (exact) mass is 411 g/mol. The van der Waals surface area contributed by atoms with Gasteiger partial charge in [0.05, 0.1) is 6.33 Å². The Balaban J connectivity index is 1.71. The van der Waals surface area contributed by atoms with E-state index < -0.39 is 30.1 Å². The smallest absolute Gasteiger partial charge is 0.406 e. The Labute approximate surface area is 161 Å². The Morgan fingerprint density at radius 3 is 2.45 bits per heavy atom. The van der Waals surface area contributed by atoms with Crippen LogP contribution in [0.1, 0.15) is 5.56 Å². The van der Waals surface area contributed by atoms with Gasteiger partial charge in [-0.2, -0.15) is 0 Å². The molecule has 1 aromatic carbocycles. The molecule has 2 heterocycles. The topological polar surface area (TPSA) is 100 Å². The van der Waals surface area contributed by atoms with E-state index in [1.807, 2.05) is 0 Å². The molecule has 0 fully saturated rings. The molecule has 0 bridgehead atoms. The van der Waals surface area contributed by atoms with E-state index >= 15 is 0 Å². The number of imidazole rings is 1. The molecule has 0 aliphatic rings. The first-order valence-corrected chi connectivity index (χ1v) is 8.29. The van der Waals surface area contributed by atoms with E-state index in [2.05, 4.69) is 15.0 Å². The third-order valence-corrected chi connectivity index (χ3v) is 4.15. The number of aryl methyl sites for hydroxylation is 2. The first kappa shape index (κ1) is 20.2. The summed E-state index contributed by atoms with van der Waals surface area (Å²) >= 11 is 0. The molecule has 2 aromatic heterocycles. The van der Waals surface area contributed by atoms with Gasteiger partial charge in [0.1, 0.15) is 12.3 Å². The summed E-state index contributed by atoms with van der Waals surface area (Å²) in [7, 11) is 3.04. The number of rotatable bonds is 5. The summed E-state index contributed by atoms with van der Waals surface area (Å²) in [6, 6.07) is 4.94. The number of fused-ring (bicyclic) bond motifs is 1. The third kappa shape index (κ3) is 4.31. The lowest BCUT2D eigenvalue weighted by Crippen LogP contribution is -2.43. The van der Waals surface area contributed by atoms with Crippen LogP contribution in [0.5, 0.6) is 5.75 Å². The minimum Gasteiger partial charge on any atom is -0.406 e. The molecule has 0 aliphatic carbocycles. The highest BCUT2D eigenvalue weighted by molar-refractivity contribution is 5.76. The fraction of sp³-hybridized carbons (Fsp3) is 0.294. The average Bonchev–Trinajstić information content (AvgIpc) is 3.03. The number of aromatic nitrogens is 4. The number of carbonyl (C=O) groups excluding carboxylic acids is 1. The highest BCUT2D eigenvalue weighted by Gasteiger charge is 2.30. The van der Waals surface area contributed by atoms with E-state index in [1.165, 1.54) is 34.6 Å². The number of hydrogen-bond donors (Lipinski definition) is 1. The van der Waals surface area contributed by atoms with Crippen LogP contribution in [-0.4, -0.2) is 31.0 Å². The van der Waals surface area contributed by atoms with Crippen LogP contribution in [0.4, 0.5) is 13.2 Å². The number of amides is 1. The normalized spacial score (nSPS) is 11.6. The van der Waals surface area contributed by atoms with Crippen molar-refractivity contribution < 1.29 is 22.7 Å². The predicted octanol–water partition coefficient (Wildman–Crippen LogP) is 0.649. The predicted molar refractivity (Wildman–Crippen MR) is 95.2 cm³/mol. The average molecular weight is 411 g/mol. The van der Waals surface area contributed by atoms with E-state index in [9.17, 15) is 27.6 Å². The highest BCUT2D eigenvalue weighted by atomic mass is 19.4. The van der Waals surface area contributed by atoms with Gasteiger partial charge in [-0.05, 0) is 17.7 Å². The maximum atomic E-state index is 12.5. The molecule has 0 saturated heterocycles. The van der Waals surface area contributed by atoms with Crippen molar-refractivity contribution in [2.75, 3.05) is 0 Å². The van der Waals surface area contributed by atoms with Crippen molar-refractivity contribution in [2.45, 2.75) is 19.5 Å². The molecule has 0 unspecified atom stereocenters. The van der Waals surface area contributed by atoms with Crippen molar-refractivity contribution in [1.29, 1.82) is 0 Å². The molecule has 1 N–H and O–H groups in total. The second-order valence-corrected chi connectivity index (χ2v) is 6.23. The van der Waals surface area contributed by atoms with Gasteiger partial charge in [-0.25, -0.2) is 14.3 Å². The van der Waals surface area contributed by atoms with Gasteiger partial charge in [0.2, 0.25) is 5.91 Å². The van der Waals surface area contributed by atoms with Crippen molar-refractivity contribution in [3.63, 3.8) is 0 Å². The van der Waals surface area contributed by atoms with E-state index in [0.717, 1.165) is 16.7 Å². The van der Waals surface area contributed by atoms with Gasteiger partial charge in [0.15, 0.2) is 11.2 Å². The Bertz CT molecular complexity index is 1180. The van der Waals surface area contributed by atoms with Crippen molar-refractivity contribution >= 4 is 17.1 Å². The summed E-state index contributed by atoms with van der Waals surface area (Å²) < 4.78 is 43.7. The molecule has 12 heteroatoms. The van der Waals surface area contributed by atoms with E-state index in [4.69, 9.17) is 0 Å². The fourth-order valence-electron chi connectivity index (χ4n) is 2.74. The number of hydrogen-bond acceptors (Lipinski definition) is 5. The molecule has 1 amide bonds. The Morgan fingerprint density at radius 2 is 1.83 bits per heavy atom. The van der Waals surface area contributed by atoms with Crippen LogP contribution in [0.25, 0.3) is 11.2 Å². The van der Waals surface area contributed by atoms with Crippen LogP contribution in [0.15, 0.2) is 40.2 Å². The Morgan fingerprint density at radius 1 is 1.17 bits per heavy atom. The lowest BCUT2D eigenvalue weighted by Gasteiger charge is -2.11. The molecule has 3 rings (SSSR count). The third-order valence-electron chi connectivity index (χ3n) is 4.15. The van der Waals surface area contributed by atoms with Gasteiger partial charge in [-0.15, -0.1) is 13.2 Å². The number of halogens is 3. The van der Waals surface area contributed by atoms with Crippen LogP contribution in [0, 0.1) is 0 Å². The molecular weight excluding hydrogens is 395 g/mol. The second kappa shape index (κ2) is 7.45. The summed E-state index contributed by atoms with van der Waals surface area (Å²) in [5.41, 5.74) is -0.437. The van der Waals surface area contributed by atoms with Crippen molar-refractivity contribution in [3.8, 4) is 5.75 Å². The summed E-state index contributed by atoms with van der Waals surface area (Å²) in [4.78, 5) is 41.1. The molecule has 0 aliphatic heterocycles. The largest absolute Gasteiger partial charge is 0.573 e. The van der Waals surface area contributed by atoms with Gasteiger partial charge in [-0.3, -0.25) is 14.2 Å². The number of ether oxygens (including phenoxy) is 1. The molecule has 0 atom stereocenters. The SMILES string of the molecule is Cn1cnc2c1c(=O)n(CC(=O)NCc1ccc(OC(F)(F)F)cc1)c(=O)n2C. The lowest BCUT2D eigenvalue weighted by molar-refractivity contribution is -0.274. The molecule has 3 aromatic rings. The van der Waals surface area contributed by atoms with Crippen molar-refractivity contribution in [2.24, 2.45) is 14.1 Å². The van der Waals surface area contributed by atoms with E-state index in [0.29, 0.717) is 5.56 Å². The standard InChI is InChI=1S/C17H16F3N5O4/c1-23-9-22-14-13(23)15(27)25(16(28)24(14)2)8-12(26)21-7-10-3-5-11(6-4-10)29-17(18,19)20/h3-6,9H,7-8H2,1-2H3,(H,21,26). The minimum atomic E-state index is -4.79. The molecular formula is C17H16F3N5O4. The lowest BCUT2D eigenvalue weighted by atomic mass is 10.2. The number of nitrogens with zero attached hydrogens (tertiary/aromatic N) is 4. The number of nitrogens with one attached hydrogen (secondary N) is 1. The molecule has 0 radical (unpaired) electrons. The second-order valence-electron chi connectivity index (χ2n) is 6.23. The fourth-order valence-corrected chi connectivity index (χ4v) is 2.74. The van der Waals surface area contributed by atoms with Crippen LogP contribution < -0.4 is 21.3 Å². The van der Waals surface area contributed by atoms with Crippen molar-refractivity contribution in [1.82, 2.24) is 24.0 Å². The minimum absolute atomic E-state index is 0.00580. The molecule has 0 saturated carbocycles. The van der Waals surface area contributed by atoms with Crippen LogP contribution >= 0.6 is 0 Å². The quantitative estimate of drug-likeness (QED) is 0.665. The number of alkyl halides is 3. The molecule has 0 spiro atoms. The number of carbonyl (C=O) groups is 1. The van der Waals surface area contributed by atoms with Gasteiger partial charge >= 0.3 is 12.1 Å². The first-order valence-electron chi connectivity index (χ1n) is 8.29. The summed E-state index contributed by atoms with van der Waals surface area (Å²) in [6.07, 6.45) is -3.40. The van der Waals surface area contributed by atoms with Crippen LogP contribution in [0.2, 0.25) is 0 Å². The zero-order valence-electron chi connectivity index (χ0n) is 15.4. The zero-order valence-corrected chi connectivity index (χ0v) is 15.4. The first-order chi connectivity index (χ1) is 13.6. The highest BCUT2D eigenvalue weighted by Crippen LogP contribution is 2.22. The Kier molecular flexibility index (Phi) is 5.18. The maximum Gasteiger partial charge on any atom is 0.573 e. The van der Waals surface area contributed by atoms with Crippen molar-refractivity contribution in [3.05, 3.63) is 57.0 Å². The van der Waals surface area contributed by atoms with E-state index in [-0.39, 0.29) is 23.5 Å². The van der Waals surface area contributed by atoms with Gasteiger partial charge in [-0.1, -0.05) is 12.1 Å². The molecule has 9 nitrogen and oxygen atoms in total. The maximum absolute atomic E-state index is 12.5. The molecule has 29 heavy (non-hydrogen) atoms. The van der Waals surface area contributed by atoms with Crippen LogP contribution in [-0.2, 0) is 32.0 Å². The summed E-state index contributed by atoms with van der Waals surface area (Å²) in [6.45, 7) is -0.518. The Hall–Kier alpha value is -3.57. The van der Waals surface area contributed by atoms with Gasteiger partial charge in [0.25, 0.3) is 5.56 Å². The summed E-state index contributed by atoms with van der Waals surface area (Å²) in [5, 5.41) is 2.51. The summed E-state index contributed by atoms with van der Waals surface area (Å²) in [5.74, 6) is -0.992. The van der Waals surface area contributed by atoms with Gasteiger partial charge in [0, 0.05) is 20.6 Å². The molecule has 154 valence electrons.